The summed E-state index contributed by atoms with van der Waals surface area (Å²) < 4.78 is 0. The first kappa shape index (κ1) is 23.3. The molecule has 0 radical (unpaired) electrons. The van der Waals surface area contributed by atoms with Crippen molar-refractivity contribution in [3.8, 4) is 0 Å². The van der Waals surface area contributed by atoms with E-state index in [2.05, 4.69) is 10.6 Å². The molecule has 3 rings (SSSR count). The lowest BCUT2D eigenvalue weighted by Gasteiger charge is -2.36. The van der Waals surface area contributed by atoms with E-state index in [0.29, 0.717) is 36.5 Å². The average Bonchev–Trinajstić information content (AvgIpc) is 3.32. The van der Waals surface area contributed by atoms with E-state index in [4.69, 9.17) is 11.6 Å². The molecule has 2 heterocycles. The molecule has 1 fully saturated rings. The van der Waals surface area contributed by atoms with Crippen molar-refractivity contribution >= 4 is 40.7 Å². The van der Waals surface area contributed by atoms with Crippen LogP contribution in [-0.2, 0) is 4.79 Å². The Bertz CT molecular complexity index is 911. The molecule has 0 bridgehead atoms. The minimum atomic E-state index is -0.684. The second-order valence-electron chi connectivity index (χ2n) is 7.86. The molecule has 2 atom stereocenters. The topological polar surface area (TPSA) is 78.5 Å². The molecule has 1 saturated heterocycles. The number of halogens is 1. The van der Waals surface area contributed by atoms with E-state index in [1.54, 1.807) is 24.3 Å². The highest BCUT2D eigenvalue weighted by Gasteiger charge is 2.35. The smallest absolute Gasteiger partial charge is 0.263 e. The normalized spacial score (nSPS) is 16.4. The molecule has 0 aliphatic carbocycles. The summed E-state index contributed by atoms with van der Waals surface area (Å²) in [6.07, 6.45) is 2.07. The van der Waals surface area contributed by atoms with Crippen LogP contribution in [0.4, 0.5) is 0 Å². The maximum Gasteiger partial charge on any atom is 0.263 e. The van der Waals surface area contributed by atoms with Gasteiger partial charge in [0.2, 0.25) is 5.91 Å². The summed E-state index contributed by atoms with van der Waals surface area (Å²) in [5.74, 6) is -0.609. The zero-order valence-corrected chi connectivity index (χ0v) is 19.3. The summed E-state index contributed by atoms with van der Waals surface area (Å²) in [6.45, 7) is 5.04. The van der Waals surface area contributed by atoms with Crippen molar-refractivity contribution in [2.75, 3.05) is 13.1 Å². The highest BCUT2D eigenvalue weighted by molar-refractivity contribution is 7.12. The van der Waals surface area contributed by atoms with Gasteiger partial charge in [0.05, 0.1) is 15.5 Å². The molecular weight excluding hydrogens is 434 g/mol. The largest absolute Gasteiger partial charge is 0.352 e. The molecule has 2 N–H and O–H groups in total. The van der Waals surface area contributed by atoms with E-state index >= 15 is 0 Å². The molecule has 166 valence electrons. The minimum absolute atomic E-state index is 0.00714. The van der Waals surface area contributed by atoms with Crippen LogP contribution in [0.1, 0.15) is 53.1 Å². The second-order valence-corrected chi connectivity index (χ2v) is 9.21. The number of carbonyl (C=O) groups excluding carboxylic acids is 3. The van der Waals surface area contributed by atoms with Crippen molar-refractivity contribution in [1.29, 1.82) is 0 Å². The molecule has 1 aromatic heterocycles. The Morgan fingerprint density at radius 1 is 1.13 bits per heavy atom. The summed E-state index contributed by atoms with van der Waals surface area (Å²) in [5.41, 5.74) is 0.343. The number of amides is 3. The predicted octanol–water partition coefficient (Wildman–Crippen LogP) is 3.97. The van der Waals surface area contributed by atoms with Crippen molar-refractivity contribution in [2.45, 2.75) is 45.2 Å². The fraction of sp³-hybridized carbons (Fsp3) is 0.435. The Hall–Kier alpha value is -2.38. The third kappa shape index (κ3) is 5.86. The highest BCUT2D eigenvalue weighted by Crippen LogP contribution is 2.24. The van der Waals surface area contributed by atoms with Crippen molar-refractivity contribution in [3.63, 3.8) is 0 Å². The molecule has 1 aliphatic rings. The Kier molecular flexibility index (Phi) is 8.09. The Balaban J connectivity index is 1.71. The number of carbonyl (C=O) groups is 3. The molecule has 2 unspecified atom stereocenters. The monoisotopic (exact) mass is 461 g/mol. The molecule has 1 aromatic carbocycles. The van der Waals surface area contributed by atoms with E-state index in [9.17, 15) is 14.4 Å². The quantitative estimate of drug-likeness (QED) is 0.654. The van der Waals surface area contributed by atoms with Crippen molar-refractivity contribution in [1.82, 2.24) is 15.5 Å². The zero-order chi connectivity index (χ0) is 22.4. The maximum absolute atomic E-state index is 13.0. The maximum atomic E-state index is 13.0. The average molecular weight is 462 g/mol. The van der Waals surface area contributed by atoms with Gasteiger partial charge in [-0.1, -0.05) is 36.7 Å². The zero-order valence-electron chi connectivity index (χ0n) is 17.8. The van der Waals surface area contributed by atoms with E-state index in [0.717, 1.165) is 11.3 Å². The van der Waals surface area contributed by atoms with E-state index in [-0.39, 0.29) is 29.7 Å². The van der Waals surface area contributed by atoms with Crippen molar-refractivity contribution in [2.24, 2.45) is 5.92 Å². The van der Waals surface area contributed by atoms with Crippen LogP contribution in [0.2, 0.25) is 5.02 Å². The predicted molar refractivity (Wildman–Crippen MR) is 124 cm³/mol. The van der Waals surface area contributed by atoms with Gasteiger partial charge in [0.1, 0.15) is 6.04 Å². The number of thiophene rings is 1. The van der Waals surface area contributed by atoms with Gasteiger partial charge in [0, 0.05) is 19.1 Å². The third-order valence-electron chi connectivity index (χ3n) is 5.72. The minimum Gasteiger partial charge on any atom is -0.352 e. The number of nitrogens with zero attached hydrogens (tertiary/aromatic N) is 1. The van der Waals surface area contributed by atoms with Crippen LogP contribution in [0, 0.1) is 5.92 Å². The van der Waals surface area contributed by atoms with Crippen LogP contribution >= 0.6 is 22.9 Å². The number of hydrogen-bond acceptors (Lipinski definition) is 4. The summed E-state index contributed by atoms with van der Waals surface area (Å²) in [7, 11) is 0. The van der Waals surface area contributed by atoms with Crippen LogP contribution in [0.15, 0.2) is 41.8 Å². The van der Waals surface area contributed by atoms with E-state index in [1.807, 2.05) is 36.3 Å². The molecule has 31 heavy (non-hydrogen) atoms. The SMILES string of the molecule is CCC(C)NC(=O)C(NC(=O)c1ccccc1Cl)C1CCN(C(=O)c2cccs2)CC1. The summed E-state index contributed by atoms with van der Waals surface area (Å²) >= 11 is 7.60. The number of nitrogens with one attached hydrogen (secondary N) is 2. The van der Waals surface area contributed by atoms with Crippen LogP contribution < -0.4 is 10.6 Å². The van der Waals surface area contributed by atoms with Crippen molar-refractivity contribution in [3.05, 3.63) is 57.2 Å². The number of piperidine rings is 1. The van der Waals surface area contributed by atoms with Gasteiger partial charge < -0.3 is 15.5 Å². The Morgan fingerprint density at radius 2 is 1.84 bits per heavy atom. The molecule has 0 saturated carbocycles. The summed E-state index contributed by atoms with van der Waals surface area (Å²) in [6, 6.07) is 9.80. The van der Waals surface area contributed by atoms with Gasteiger partial charge in [0.15, 0.2) is 0 Å². The van der Waals surface area contributed by atoms with E-state index in [1.165, 1.54) is 11.3 Å². The first-order valence-corrected chi connectivity index (χ1v) is 11.8. The first-order chi connectivity index (χ1) is 14.9. The third-order valence-corrected chi connectivity index (χ3v) is 6.91. The van der Waals surface area contributed by atoms with Gasteiger partial charge in [-0.3, -0.25) is 14.4 Å². The van der Waals surface area contributed by atoms with Gasteiger partial charge in [-0.15, -0.1) is 11.3 Å². The van der Waals surface area contributed by atoms with Gasteiger partial charge in [-0.25, -0.2) is 0 Å². The fourth-order valence-corrected chi connectivity index (χ4v) is 4.60. The first-order valence-electron chi connectivity index (χ1n) is 10.6. The van der Waals surface area contributed by atoms with Gasteiger partial charge >= 0.3 is 0 Å². The standard InChI is InChI=1S/C23H28ClN3O3S/c1-3-15(2)25-22(29)20(26-21(28)17-7-4-5-8-18(17)24)16-10-12-27(13-11-16)23(30)19-9-6-14-31-19/h4-9,14-16,20H,3,10-13H2,1-2H3,(H,25,29)(H,26,28). The summed E-state index contributed by atoms with van der Waals surface area (Å²) in [5, 5.41) is 8.13. The lowest BCUT2D eigenvalue weighted by Crippen LogP contribution is -2.55. The molecule has 6 nitrogen and oxygen atoms in total. The van der Waals surface area contributed by atoms with Gasteiger partial charge in [0.25, 0.3) is 11.8 Å². The second kappa shape index (κ2) is 10.8. The summed E-state index contributed by atoms with van der Waals surface area (Å²) in [4.78, 5) is 41.1. The Labute approximate surface area is 192 Å². The molecule has 2 aromatic rings. The molecule has 8 heteroatoms. The molecule has 1 aliphatic heterocycles. The van der Waals surface area contributed by atoms with E-state index < -0.39 is 6.04 Å². The van der Waals surface area contributed by atoms with Gasteiger partial charge in [-0.05, 0) is 55.7 Å². The van der Waals surface area contributed by atoms with Crippen LogP contribution in [0.3, 0.4) is 0 Å². The number of likely N-dealkylation sites (tertiary alicyclic amines) is 1. The van der Waals surface area contributed by atoms with Crippen LogP contribution in [-0.4, -0.2) is 47.8 Å². The van der Waals surface area contributed by atoms with Crippen LogP contribution in [0.25, 0.3) is 0 Å². The molecule has 3 amide bonds. The number of rotatable bonds is 7. The van der Waals surface area contributed by atoms with Crippen LogP contribution in [0.5, 0.6) is 0 Å². The van der Waals surface area contributed by atoms with Crippen molar-refractivity contribution < 1.29 is 14.4 Å². The fourth-order valence-electron chi connectivity index (χ4n) is 3.69. The Morgan fingerprint density at radius 3 is 2.45 bits per heavy atom. The highest BCUT2D eigenvalue weighted by atomic mass is 35.5. The number of benzene rings is 1. The lowest BCUT2D eigenvalue weighted by atomic mass is 9.88. The van der Waals surface area contributed by atoms with Gasteiger partial charge in [-0.2, -0.15) is 0 Å². The molecule has 0 spiro atoms. The number of hydrogen-bond donors (Lipinski definition) is 2. The lowest BCUT2D eigenvalue weighted by molar-refractivity contribution is -0.125. The molecular formula is C23H28ClN3O3S.